The number of ether oxygens (including phenoxy) is 1. The summed E-state index contributed by atoms with van der Waals surface area (Å²) in [5, 5.41) is 11.8. The third kappa shape index (κ3) is 5.56. The molecule has 0 heterocycles. The lowest BCUT2D eigenvalue weighted by Crippen LogP contribution is -2.33. The highest BCUT2D eigenvalue weighted by atomic mass is 19.1. The minimum absolute atomic E-state index is 0.125. The van der Waals surface area contributed by atoms with Crippen molar-refractivity contribution in [3.8, 4) is 0 Å². The summed E-state index contributed by atoms with van der Waals surface area (Å²) < 4.78 is 17.3. The van der Waals surface area contributed by atoms with E-state index in [4.69, 9.17) is 4.74 Å². The molecule has 0 saturated carbocycles. The predicted molar refractivity (Wildman–Crippen MR) is 66.3 cm³/mol. The number of aliphatic hydroxyl groups is 1. The minimum atomic E-state index is -0.724. The van der Waals surface area contributed by atoms with Crippen LogP contribution in [-0.4, -0.2) is 37.4 Å². The average molecular weight is 253 g/mol. The number of hydrogen-bond acceptors (Lipinski definition) is 3. The van der Waals surface area contributed by atoms with E-state index in [9.17, 15) is 14.3 Å². The second-order valence-electron chi connectivity index (χ2n) is 3.74. The summed E-state index contributed by atoms with van der Waals surface area (Å²) in [6, 6.07) is 5.78. The summed E-state index contributed by atoms with van der Waals surface area (Å²) in [5.41, 5.74) is 0.726. The molecule has 1 unspecified atom stereocenters. The highest BCUT2D eigenvalue weighted by molar-refractivity contribution is 5.91. The fourth-order valence-corrected chi connectivity index (χ4v) is 1.27. The second kappa shape index (κ2) is 7.58. The van der Waals surface area contributed by atoms with Gasteiger partial charge in [0.05, 0.1) is 12.7 Å². The lowest BCUT2D eigenvalue weighted by Gasteiger charge is -2.08. The first-order valence-corrected chi connectivity index (χ1v) is 5.50. The Morgan fingerprint density at radius 1 is 1.50 bits per heavy atom. The number of carbonyl (C=O) groups excluding carboxylic acids is 1. The Hall–Kier alpha value is -1.72. The van der Waals surface area contributed by atoms with E-state index in [1.807, 2.05) is 0 Å². The first-order valence-electron chi connectivity index (χ1n) is 5.50. The molecule has 1 atom stereocenters. The zero-order chi connectivity index (χ0) is 13.4. The molecule has 1 aromatic carbocycles. The van der Waals surface area contributed by atoms with Gasteiger partial charge in [0.25, 0.3) is 0 Å². The van der Waals surface area contributed by atoms with Crippen LogP contribution in [0.25, 0.3) is 6.08 Å². The van der Waals surface area contributed by atoms with Gasteiger partial charge in [-0.2, -0.15) is 0 Å². The van der Waals surface area contributed by atoms with Crippen molar-refractivity contribution in [2.75, 3.05) is 20.3 Å². The zero-order valence-electron chi connectivity index (χ0n) is 10.1. The van der Waals surface area contributed by atoms with E-state index < -0.39 is 6.10 Å². The number of nitrogens with one attached hydrogen (secondary N) is 1. The second-order valence-corrected chi connectivity index (χ2v) is 3.74. The van der Waals surface area contributed by atoms with Crippen LogP contribution in [-0.2, 0) is 9.53 Å². The number of benzene rings is 1. The first-order chi connectivity index (χ1) is 8.61. The van der Waals surface area contributed by atoms with Crippen molar-refractivity contribution in [2.24, 2.45) is 0 Å². The number of halogens is 1. The Morgan fingerprint density at radius 2 is 2.17 bits per heavy atom. The molecule has 1 rings (SSSR count). The Bertz CT molecular complexity index is 403. The van der Waals surface area contributed by atoms with Crippen LogP contribution < -0.4 is 5.32 Å². The van der Waals surface area contributed by atoms with Gasteiger partial charge < -0.3 is 15.2 Å². The summed E-state index contributed by atoms with van der Waals surface area (Å²) >= 11 is 0. The SMILES string of the molecule is COCC(O)CNC(=O)C=Cc1ccc(F)cc1. The van der Waals surface area contributed by atoms with Crippen LogP contribution in [0.2, 0.25) is 0 Å². The Labute approximate surface area is 105 Å². The molecule has 2 N–H and O–H groups in total. The van der Waals surface area contributed by atoms with Crippen LogP contribution in [0.5, 0.6) is 0 Å². The van der Waals surface area contributed by atoms with Crippen LogP contribution >= 0.6 is 0 Å². The Kier molecular flexibility index (Phi) is 6.04. The molecule has 0 aliphatic carbocycles. The van der Waals surface area contributed by atoms with Crippen molar-refractivity contribution in [1.82, 2.24) is 5.32 Å². The molecule has 98 valence electrons. The summed E-state index contributed by atoms with van der Waals surface area (Å²) in [6.45, 7) is 0.294. The normalized spacial score (nSPS) is 12.6. The Morgan fingerprint density at radius 3 is 2.78 bits per heavy atom. The van der Waals surface area contributed by atoms with Crippen molar-refractivity contribution < 1.29 is 19.0 Å². The Balaban J connectivity index is 2.37. The van der Waals surface area contributed by atoms with Gasteiger partial charge in [0.15, 0.2) is 0 Å². The van der Waals surface area contributed by atoms with E-state index in [1.54, 1.807) is 18.2 Å². The maximum atomic E-state index is 12.6. The monoisotopic (exact) mass is 253 g/mol. The fourth-order valence-electron chi connectivity index (χ4n) is 1.27. The van der Waals surface area contributed by atoms with E-state index in [1.165, 1.54) is 25.3 Å². The molecule has 1 aromatic rings. The van der Waals surface area contributed by atoms with Gasteiger partial charge in [0, 0.05) is 19.7 Å². The molecule has 0 aromatic heterocycles. The molecule has 18 heavy (non-hydrogen) atoms. The van der Waals surface area contributed by atoms with Gasteiger partial charge in [-0.3, -0.25) is 4.79 Å². The lowest BCUT2D eigenvalue weighted by atomic mass is 10.2. The molecular weight excluding hydrogens is 237 g/mol. The number of amides is 1. The van der Waals surface area contributed by atoms with Crippen LogP contribution in [0.4, 0.5) is 4.39 Å². The van der Waals surface area contributed by atoms with Gasteiger partial charge in [0.2, 0.25) is 5.91 Å². The van der Waals surface area contributed by atoms with Gasteiger partial charge in [-0.1, -0.05) is 12.1 Å². The van der Waals surface area contributed by atoms with Crippen LogP contribution in [0.3, 0.4) is 0 Å². The third-order valence-corrected chi connectivity index (χ3v) is 2.17. The van der Waals surface area contributed by atoms with Gasteiger partial charge in [-0.15, -0.1) is 0 Å². The van der Waals surface area contributed by atoms with Crippen molar-refractivity contribution in [3.05, 3.63) is 41.7 Å². The summed E-state index contributed by atoms with van der Waals surface area (Å²) in [4.78, 5) is 11.4. The molecule has 0 radical (unpaired) electrons. The molecule has 4 nitrogen and oxygen atoms in total. The van der Waals surface area contributed by atoms with Gasteiger partial charge in [-0.05, 0) is 23.8 Å². The molecule has 5 heteroatoms. The molecule has 0 saturated heterocycles. The number of methoxy groups -OCH3 is 1. The highest BCUT2D eigenvalue weighted by Crippen LogP contribution is 2.04. The summed E-state index contributed by atoms with van der Waals surface area (Å²) in [7, 11) is 1.47. The van der Waals surface area contributed by atoms with Crippen molar-refractivity contribution >= 4 is 12.0 Å². The zero-order valence-corrected chi connectivity index (χ0v) is 10.1. The van der Waals surface area contributed by atoms with Crippen molar-refractivity contribution in [3.63, 3.8) is 0 Å². The molecular formula is C13H16FNO3. The molecule has 0 fully saturated rings. The number of rotatable bonds is 6. The van der Waals surface area contributed by atoms with Crippen LogP contribution in [0.15, 0.2) is 30.3 Å². The number of aliphatic hydroxyl groups excluding tert-OH is 1. The van der Waals surface area contributed by atoms with Crippen molar-refractivity contribution in [1.29, 1.82) is 0 Å². The van der Waals surface area contributed by atoms with E-state index in [-0.39, 0.29) is 24.9 Å². The van der Waals surface area contributed by atoms with Crippen molar-refractivity contribution in [2.45, 2.75) is 6.10 Å². The largest absolute Gasteiger partial charge is 0.389 e. The molecule has 0 bridgehead atoms. The topological polar surface area (TPSA) is 58.6 Å². The molecule has 0 aliphatic heterocycles. The summed E-state index contributed by atoms with van der Waals surface area (Å²) in [6.07, 6.45) is 2.17. The van der Waals surface area contributed by atoms with E-state index in [2.05, 4.69) is 5.32 Å². The highest BCUT2D eigenvalue weighted by Gasteiger charge is 2.03. The van der Waals surface area contributed by atoms with E-state index in [0.717, 1.165) is 5.56 Å². The third-order valence-electron chi connectivity index (χ3n) is 2.17. The van der Waals surface area contributed by atoms with E-state index in [0.29, 0.717) is 0 Å². The number of carbonyl (C=O) groups is 1. The predicted octanol–water partition coefficient (Wildman–Crippen LogP) is 0.962. The van der Waals surface area contributed by atoms with Gasteiger partial charge >= 0.3 is 0 Å². The maximum absolute atomic E-state index is 12.6. The quantitative estimate of drug-likeness (QED) is 0.742. The first kappa shape index (κ1) is 14.3. The van der Waals surface area contributed by atoms with Crippen LogP contribution in [0.1, 0.15) is 5.56 Å². The standard InChI is InChI=1S/C13H16FNO3/c1-18-9-12(16)8-15-13(17)7-4-10-2-5-11(14)6-3-10/h2-7,12,16H,8-9H2,1H3,(H,15,17). The lowest BCUT2D eigenvalue weighted by molar-refractivity contribution is -0.117. The molecule has 0 spiro atoms. The van der Waals surface area contributed by atoms with Gasteiger partial charge in [-0.25, -0.2) is 4.39 Å². The summed E-state index contributed by atoms with van der Waals surface area (Å²) in [5.74, 6) is -0.645. The minimum Gasteiger partial charge on any atom is -0.389 e. The van der Waals surface area contributed by atoms with Crippen LogP contribution in [0, 0.1) is 5.82 Å². The van der Waals surface area contributed by atoms with Gasteiger partial charge in [0.1, 0.15) is 5.82 Å². The molecule has 1 amide bonds. The smallest absolute Gasteiger partial charge is 0.244 e. The molecule has 0 aliphatic rings. The average Bonchev–Trinajstić information content (AvgIpc) is 2.36. The maximum Gasteiger partial charge on any atom is 0.244 e. The fraction of sp³-hybridized carbons (Fsp3) is 0.308. The number of hydrogen-bond donors (Lipinski definition) is 2. The van der Waals surface area contributed by atoms with E-state index >= 15 is 0 Å².